The lowest BCUT2D eigenvalue weighted by Crippen LogP contribution is -2.01. The maximum Gasteiger partial charge on any atom is 0.340 e. The third-order valence-corrected chi connectivity index (χ3v) is 2.72. The van der Waals surface area contributed by atoms with Gasteiger partial charge in [0.25, 0.3) is 0 Å². The van der Waals surface area contributed by atoms with Crippen LogP contribution in [0.3, 0.4) is 0 Å². The minimum Gasteiger partial charge on any atom is -0.506 e. The smallest absolute Gasteiger partial charge is 0.340 e. The van der Waals surface area contributed by atoms with Gasteiger partial charge in [-0.15, -0.1) is 11.3 Å². The first-order chi connectivity index (χ1) is 6.74. The van der Waals surface area contributed by atoms with Crippen LogP contribution in [0, 0.1) is 0 Å². The molecule has 5 heteroatoms. The molecule has 1 N–H and O–H groups in total. The molecule has 0 bridgehead atoms. The molecule has 1 aromatic carbocycles. The number of carbonyl (C=O) groups excluding carboxylic acids is 1. The van der Waals surface area contributed by atoms with Gasteiger partial charge in [-0.3, -0.25) is 0 Å². The number of fused-ring (bicyclic) bond motifs is 1. The van der Waals surface area contributed by atoms with E-state index in [-0.39, 0.29) is 5.75 Å². The highest BCUT2D eigenvalue weighted by molar-refractivity contribution is 7.17. The summed E-state index contributed by atoms with van der Waals surface area (Å²) in [5, 5.41) is 9.46. The molecule has 0 saturated heterocycles. The zero-order chi connectivity index (χ0) is 10.1. The van der Waals surface area contributed by atoms with Crippen LogP contribution >= 0.6 is 11.3 Å². The lowest BCUT2D eigenvalue weighted by Gasteiger charge is -2.00. The van der Waals surface area contributed by atoms with E-state index in [1.165, 1.54) is 30.6 Å². The van der Waals surface area contributed by atoms with E-state index in [4.69, 9.17) is 0 Å². The van der Waals surface area contributed by atoms with Crippen molar-refractivity contribution in [2.75, 3.05) is 7.11 Å². The van der Waals surface area contributed by atoms with Crippen molar-refractivity contribution in [3.05, 3.63) is 23.2 Å². The topological polar surface area (TPSA) is 59.4 Å². The predicted octanol–water partition coefficient (Wildman–Crippen LogP) is 1.79. The Bertz CT molecular complexity index is 492. The number of benzene rings is 1. The molecule has 4 nitrogen and oxygen atoms in total. The van der Waals surface area contributed by atoms with Crippen molar-refractivity contribution in [2.24, 2.45) is 0 Å². The number of rotatable bonds is 1. The van der Waals surface area contributed by atoms with Crippen LogP contribution in [0.25, 0.3) is 10.2 Å². The summed E-state index contributed by atoms with van der Waals surface area (Å²) in [4.78, 5) is 15.3. The first-order valence-electron chi connectivity index (χ1n) is 3.87. The number of thiazole rings is 1. The second kappa shape index (κ2) is 3.26. The number of nitrogens with zero attached hydrogens (tertiary/aromatic N) is 1. The standard InChI is InChI=1S/C9H7NO3S/c1-13-9(12)5-2-3-6(11)8-7(5)10-4-14-8/h2-4,11H,1H3. The van der Waals surface area contributed by atoms with Gasteiger partial charge < -0.3 is 9.84 Å². The molecule has 1 heterocycles. The highest BCUT2D eigenvalue weighted by atomic mass is 32.1. The Labute approximate surface area is 83.8 Å². The highest BCUT2D eigenvalue weighted by Gasteiger charge is 2.14. The van der Waals surface area contributed by atoms with Gasteiger partial charge in [0.05, 0.1) is 28.4 Å². The van der Waals surface area contributed by atoms with Crippen molar-refractivity contribution in [1.29, 1.82) is 0 Å². The van der Waals surface area contributed by atoms with Crippen LogP contribution < -0.4 is 0 Å². The Morgan fingerprint density at radius 1 is 1.57 bits per heavy atom. The Hall–Kier alpha value is -1.62. The number of aromatic nitrogens is 1. The maximum absolute atomic E-state index is 11.3. The number of ether oxygens (including phenoxy) is 1. The average molecular weight is 209 g/mol. The summed E-state index contributed by atoms with van der Waals surface area (Å²) in [6.07, 6.45) is 0. The molecule has 72 valence electrons. The van der Waals surface area contributed by atoms with Crippen LogP contribution in [0.4, 0.5) is 0 Å². The Morgan fingerprint density at radius 3 is 3.07 bits per heavy atom. The molecular weight excluding hydrogens is 202 g/mol. The minimum atomic E-state index is -0.444. The van der Waals surface area contributed by atoms with Crippen LogP contribution in [0.15, 0.2) is 17.6 Å². The summed E-state index contributed by atoms with van der Waals surface area (Å²) >= 11 is 1.29. The largest absolute Gasteiger partial charge is 0.506 e. The molecule has 0 amide bonds. The zero-order valence-electron chi connectivity index (χ0n) is 7.35. The van der Waals surface area contributed by atoms with E-state index in [0.717, 1.165) is 0 Å². The normalized spacial score (nSPS) is 10.4. The number of hydrogen-bond acceptors (Lipinski definition) is 5. The van der Waals surface area contributed by atoms with Gasteiger partial charge >= 0.3 is 5.97 Å². The number of phenols is 1. The van der Waals surface area contributed by atoms with Crippen LogP contribution in [-0.2, 0) is 4.74 Å². The molecule has 0 spiro atoms. The first kappa shape index (κ1) is 8.96. The van der Waals surface area contributed by atoms with Crippen LogP contribution in [0.1, 0.15) is 10.4 Å². The lowest BCUT2D eigenvalue weighted by molar-refractivity contribution is 0.0603. The SMILES string of the molecule is COC(=O)c1ccc(O)c2scnc12. The molecule has 0 radical (unpaired) electrons. The van der Waals surface area contributed by atoms with Gasteiger partial charge in [0.2, 0.25) is 0 Å². The van der Waals surface area contributed by atoms with Crippen molar-refractivity contribution in [3.63, 3.8) is 0 Å². The van der Waals surface area contributed by atoms with Crippen molar-refractivity contribution in [1.82, 2.24) is 4.98 Å². The minimum absolute atomic E-state index is 0.134. The van der Waals surface area contributed by atoms with Gasteiger partial charge in [-0.05, 0) is 12.1 Å². The molecule has 0 saturated carbocycles. The molecule has 0 aliphatic rings. The molecule has 1 aromatic heterocycles. The first-order valence-corrected chi connectivity index (χ1v) is 4.75. The van der Waals surface area contributed by atoms with E-state index >= 15 is 0 Å². The van der Waals surface area contributed by atoms with Crippen LogP contribution in [0.2, 0.25) is 0 Å². The fourth-order valence-corrected chi connectivity index (χ4v) is 1.94. The number of carbonyl (C=O) groups is 1. The van der Waals surface area contributed by atoms with E-state index in [9.17, 15) is 9.90 Å². The Morgan fingerprint density at radius 2 is 2.36 bits per heavy atom. The van der Waals surface area contributed by atoms with E-state index in [0.29, 0.717) is 15.8 Å². The molecule has 0 fully saturated rings. The molecule has 0 aliphatic carbocycles. The third-order valence-electron chi connectivity index (χ3n) is 1.87. The van der Waals surface area contributed by atoms with Crippen molar-refractivity contribution < 1.29 is 14.6 Å². The fourth-order valence-electron chi connectivity index (χ4n) is 1.21. The molecule has 0 aliphatic heterocycles. The molecule has 2 aromatic rings. The summed E-state index contributed by atoms with van der Waals surface area (Å²) < 4.78 is 5.20. The lowest BCUT2D eigenvalue weighted by atomic mass is 10.2. The summed E-state index contributed by atoms with van der Waals surface area (Å²) in [6, 6.07) is 2.97. The molecule has 2 rings (SSSR count). The molecule has 14 heavy (non-hydrogen) atoms. The maximum atomic E-state index is 11.3. The number of aromatic hydroxyl groups is 1. The summed E-state index contributed by atoms with van der Waals surface area (Å²) in [5.41, 5.74) is 2.44. The van der Waals surface area contributed by atoms with Crippen molar-refractivity contribution in [3.8, 4) is 5.75 Å². The number of hydrogen-bond donors (Lipinski definition) is 1. The van der Waals surface area contributed by atoms with Crippen LogP contribution in [0.5, 0.6) is 5.75 Å². The fraction of sp³-hybridized carbons (Fsp3) is 0.111. The molecule has 0 atom stereocenters. The van der Waals surface area contributed by atoms with E-state index in [1.54, 1.807) is 5.51 Å². The van der Waals surface area contributed by atoms with Crippen molar-refractivity contribution >= 4 is 27.5 Å². The quantitative estimate of drug-likeness (QED) is 0.727. The predicted molar refractivity (Wildman–Crippen MR) is 52.6 cm³/mol. The monoisotopic (exact) mass is 209 g/mol. The molecule has 0 unspecified atom stereocenters. The number of phenolic OH excluding ortho intramolecular Hbond substituents is 1. The number of esters is 1. The summed E-state index contributed by atoms with van der Waals surface area (Å²) in [6.45, 7) is 0. The summed E-state index contributed by atoms with van der Waals surface area (Å²) in [7, 11) is 1.31. The van der Waals surface area contributed by atoms with Gasteiger partial charge in [0.1, 0.15) is 5.75 Å². The molecular formula is C9H7NO3S. The van der Waals surface area contributed by atoms with E-state index in [2.05, 4.69) is 9.72 Å². The van der Waals surface area contributed by atoms with Crippen molar-refractivity contribution in [2.45, 2.75) is 0 Å². The Kier molecular flexibility index (Phi) is 2.09. The van der Waals surface area contributed by atoms with Crippen LogP contribution in [-0.4, -0.2) is 23.2 Å². The highest BCUT2D eigenvalue weighted by Crippen LogP contribution is 2.30. The van der Waals surface area contributed by atoms with E-state index < -0.39 is 5.97 Å². The van der Waals surface area contributed by atoms with Gasteiger partial charge in [-0.25, -0.2) is 9.78 Å². The Balaban J connectivity index is 2.72. The van der Waals surface area contributed by atoms with Gasteiger partial charge in [-0.1, -0.05) is 0 Å². The third kappa shape index (κ3) is 1.22. The van der Waals surface area contributed by atoms with Gasteiger partial charge in [-0.2, -0.15) is 0 Å². The summed E-state index contributed by atoms with van der Waals surface area (Å²) in [5.74, 6) is -0.309. The zero-order valence-corrected chi connectivity index (χ0v) is 8.17. The van der Waals surface area contributed by atoms with Gasteiger partial charge in [0, 0.05) is 0 Å². The average Bonchev–Trinajstić information content (AvgIpc) is 2.67. The second-order valence-electron chi connectivity index (χ2n) is 2.65. The number of methoxy groups -OCH3 is 1. The van der Waals surface area contributed by atoms with E-state index in [1.807, 2.05) is 0 Å². The second-order valence-corrected chi connectivity index (χ2v) is 3.51. The van der Waals surface area contributed by atoms with Gasteiger partial charge in [0.15, 0.2) is 0 Å².